The molecule has 0 saturated carbocycles. The summed E-state index contributed by atoms with van der Waals surface area (Å²) in [5, 5.41) is 5.55. The van der Waals surface area contributed by atoms with E-state index in [0.717, 1.165) is 12.1 Å². The van der Waals surface area contributed by atoms with E-state index in [0.29, 0.717) is 19.6 Å². The maximum atomic E-state index is 13.6. The van der Waals surface area contributed by atoms with Gasteiger partial charge in [0.1, 0.15) is 17.7 Å². The van der Waals surface area contributed by atoms with Crippen LogP contribution in [0.4, 0.5) is 8.78 Å². The summed E-state index contributed by atoms with van der Waals surface area (Å²) in [5.74, 6) is -2.06. The molecule has 21 heavy (non-hydrogen) atoms. The van der Waals surface area contributed by atoms with Crippen LogP contribution in [0, 0.1) is 11.6 Å². The molecule has 0 radical (unpaired) electrons. The Morgan fingerprint density at radius 3 is 2.86 bits per heavy atom. The summed E-state index contributed by atoms with van der Waals surface area (Å²) in [5.41, 5.74) is 0.121. The number of rotatable bonds is 3. The molecule has 0 aromatic heterocycles. The highest BCUT2D eigenvalue weighted by Gasteiger charge is 2.31. The number of halogens is 2. The van der Waals surface area contributed by atoms with E-state index in [9.17, 15) is 18.4 Å². The molecule has 0 aliphatic carbocycles. The van der Waals surface area contributed by atoms with Gasteiger partial charge in [0.25, 0.3) is 0 Å². The van der Waals surface area contributed by atoms with Crippen LogP contribution in [-0.4, -0.2) is 49.4 Å². The maximum absolute atomic E-state index is 13.6. The number of piperazine rings is 1. The lowest BCUT2D eigenvalue weighted by Gasteiger charge is -2.35. The minimum Gasteiger partial charge on any atom is -0.357 e. The molecule has 1 aromatic rings. The molecule has 1 heterocycles. The number of carbonyl (C=O) groups excluding carboxylic acids is 2. The molecule has 1 aromatic carbocycles. The molecule has 2 amide bonds. The Morgan fingerprint density at radius 2 is 2.19 bits per heavy atom. The first-order valence-corrected chi connectivity index (χ1v) is 6.68. The summed E-state index contributed by atoms with van der Waals surface area (Å²) >= 11 is 0. The standard InChI is InChI=1S/C14H17F2N3O2/c1-17-14(21)12-8-18-4-5-19(12)13(20)6-9-2-3-10(15)7-11(9)16/h2-3,7,12,18H,4-6,8H2,1H3,(H,17,21). The molecule has 1 saturated heterocycles. The third-order valence-corrected chi connectivity index (χ3v) is 3.47. The van der Waals surface area contributed by atoms with Crippen LogP contribution in [0.25, 0.3) is 0 Å². The Morgan fingerprint density at radius 1 is 1.43 bits per heavy atom. The fraction of sp³-hybridized carbons (Fsp3) is 0.429. The van der Waals surface area contributed by atoms with Crippen LogP contribution in [0.5, 0.6) is 0 Å². The van der Waals surface area contributed by atoms with Crippen molar-refractivity contribution in [2.45, 2.75) is 12.5 Å². The second kappa shape index (κ2) is 6.62. The van der Waals surface area contributed by atoms with Crippen LogP contribution in [0.2, 0.25) is 0 Å². The maximum Gasteiger partial charge on any atom is 0.243 e. The van der Waals surface area contributed by atoms with Crippen LogP contribution in [0.1, 0.15) is 5.56 Å². The smallest absolute Gasteiger partial charge is 0.243 e. The molecule has 1 aliphatic heterocycles. The van der Waals surface area contributed by atoms with Crippen molar-refractivity contribution in [1.29, 1.82) is 0 Å². The highest BCUT2D eigenvalue weighted by molar-refractivity contribution is 5.88. The first kappa shape index (κ1) is 15.4. The first-order chi connectivity index (χ1) is 10.0. The molecule has 0 bridgehead atoms. The van der Waals surface area contributed by atoms with Crippen molar-refractivity contribution in [2.75, 3.05) is 26.7 Å². The van der Waals surface area contributed by atoms with E-state index in [1.807, 2.05) is 0 Å². The van der Waals surface area contributed by atoms with Crippen molar-refractivity contribution >= 4 is 11.8 Å². The van der Waals surface area contributed by atoms with Gasteiger partial charge in [-0.1, -0.05) is 6.07 Å². The number of hydrogen-bond acceptors (Lipinski definition) is 3. The average Bonchev–Trinajstić information content (AvgIpc) is 2.49. The van der Waals surface area contributed by atoms with E-state index in [1.165, 1.54) is 18.0 Å². The van der Waals surface area contributed by atoms with Gasteiger partial charge in [-0.15, -0.1) is 0 Å². The summed E-state index contributed by atoms with van der Waals surface area (Å²) < 4.78 is 26.5. The Balaban J connectivity index is 2.12. The summed E-state index contributed by atoms with van der Waals surface area (Å²) in [6.07, 6.45) is -0.195. The third kappa shape index (κ3) is 3.55. The highest BCUT2D eigenvalue weighted by atomic mass is 19.1. The van der Waals surface area contributed by atoms with Gasteiger partial charge in [-0.3, -0.25) is 9.59 Å². The summed E-state index contributed by atoms with van der Waals surface area (Å²) in [7, 11) is 1.50. The molecule has 1 aliphatic rings. The molecule has 5 nitrogen and oxygen atoms in total. The average molecular weight is 297 g/mol. The Hall–Kier alpha value is -2.02. The Bertz CT molecular complexity index is 551. The molecule has 2 rings (SSSR count). The van der Waals surface area contributed by atoms with Crippen molar-refractivity contribution < 1.29 is 18.4 Å². The first-order valence-electron chi connectivity index (χ1n) is 6.68. The number of benzene rings is 1. The van der Waals surface area contributed by atoms with E-state index < -0.39 is 17.7 Å². The molecule has 1 unspecified atom stereocenters. The number of nitrogens with one attached hydrogen (secondary N) is 2. The molecule has 114 valence electrons. The normalized spacial score (nSPS) is 18.4. The minimum absolute atomic E-state index is 0.121. The highest BCUT2D eigenvalue weighted by Crippen LogP contribution is 2.13. The fourth-order valence-corrected chi connectivity index (χ4v) is 2.33. The van der Waals surface area contributed by atoms with Gasteiger partial charge >= 0.3 is 0 Å². The van der Waals surface area contributed by atoms with Crippen molar-refractivity contribution in [3.05, 3.63) is 35.4 Å². The second-order valence-electron chi connectivity index (χ2n) is 4.83. The minimum atomic E-state index is -0.755. The summed E-state index contributed by atoms with van der Waals surface area (Å²) in [6, 6.07) is 2.50. The van der Waals surface area contributed by atoms with Crippen molar-refractivity contribution in [3.63, 3.8) is 0 Å². The van der Waals surface area contributed by atoms with Gasteiger partial charge in [0.05, 0.1) is 6.42 Å². The molecule has 0 spiro atoms. The lowest BCUT2D eigenvalue weighted by molar-refractivity contribution is -0.140. The summed E-state index contributed by atoms with van der Waals surface area (Å²) in [6.45, 7) is 1.31. The predicted octanol–water partition coefficient (Wildman–Crippen LogP) is 0.0537. The van der Waals surface area contributed by atoms with Crippen molar-refractivity contribution in [3.8, 4) is 0 Å². The third-order valence-electron chi connectivity index (χ3n) is 3.47. The van der Waals surface area contributed by atoms with Crippen LogP contribution in [0.15, 0.2) is 18.2 Å². The Kier molecular flexibility index (Phi) is 4.85. The second-order valence-corrected chi connectivity index (χ2v) is 4.83. The van der Waals surface area contributed by atoms with E-state index in [4.69, 9.17) is 0 Å². The van der Waals surface area contributed by atoms with Gasteiger partial charge in [-0.25, -0.2) is 8.78 Å². The van der Waals surface area contributed by atoms with Crippen LogP contribution in [0.3, 0.4) is 0 Å². The van der Waals surface area contributed by atoms with E-state index in [1.54, 1.807) is 0 Å². The zero-order valence-electron chi connectivity index (χ0n) is 11.7. The Labute approximate surface area is 121 Å². The molecule has 1 fully saturated rings. The van der Waals surface area contributed by atoms with Crippen molar-refractivity contribution in [1.82, 2.24) is 15.5 Å². The number of hydrogen-bond donors (Lipinski definition) is 2. The molecule has 1 atom stereocenters. The van der Waals surface area contributed by atoms with Gasteiger partial charge in [0, 0.05) is 32.7 Å². The topological polar surface area (TPSA) is 61.4 Å². The summed E-state index contributed by atoms with van der Waals surface area (Å²) in [4.78, 5) is 25.5. The lowest BCUT2D eigenvalue weighted by atomic mass is 10.1. The van der Waals surface area contributed by atoms with Crippen molar-refractivity contribution in [2.24, 2.45) is 0 Å². The van der Waals surface area contributed by atoms with Gasteiger partial charge in [-0.05, 0) is 11.6 Å². The number of amides is 2. The van der Waals surface area contributed by atoms with Gasteiger partial charge in [0.15, 0.2) is 0 Å². The molecule has 2 N–H and O–H groups in total. The SMILES string of the molecule is CNC(=O)C1CNCCN1C(=O)Cc1ccc(F)cc1F. The quantitative estimate of drug-likeness (QED) is 0.829. The number of nitrogens with zero attached hydrogens (tertiary/aromatic N) is 1. The zero-order chi connectivity index (χ0) is 15.4. The van der Waals surface area contributed by atoms with E-state index in [-0.39, 0.29) is 23.8 Å². The zero-order valence-corrected chi connectivity index (χ0v) is 11.7. The number of likely N-dealkylation sites (N-methyl/N-ethyl adjacent to an activating group) is 1. The molecular weight excluding hydrogens is 280 g/mol. The number of carbonyl (C=O) groups is 2. The lowest BCUT2D eigenvalue weighted by Crippen LogP contribution is -2.59. The molecular formula is C14H17F2N3O2. The van der Waals surface area contributed by atoms with E-state index in [2.05, 4.69) is 10.6 Å². The van der Waals surface area contributed by atoms with E-state index >= 15 is 0 Å². The van der Waals surface area contributed by atoms with Gasteiger partial charge in [-0.2, -0.15) is 0 Å². The monoisotopic (exact) mass is 297 g/mol. The van der Waals surface area contributed by atoms with Crippen LogP contribution >= 0.6 is 0 Å². The predicted molar refractivity (Wildman–Crippen MR) is 72.5 cm³/mol. The van der Waals surface area contributed by atoms with Gasteiger partial charge in [0.2, 0.25) is 11.8 Å². The van der Waals surface area contributed by atoms with Gasteiger partial charge < -0.3 is 15.5 Å². The van der Waals surface area contributed by atoms with Crippen LogP contribution in [-0.2, 0) is 16.0 Å². The largest absolute Gasteiger partial charge is 0.357 e. The van der Waals surface area contributed by atoms with Crippen LogP contribution < -0.4 is 10.6 Å². The fourth-order valence-electron chi connectivity index (χ4n) is 2.33. The molecule has 7 heteroatoms.